The van der Waals surface area contributed by atoms with E-state index < -0.39 is 0 Å². The summed E-state index contributed by atoms with van der Waals surface area (Å²) in [7, 11) is 0. The predicted octanol–water partition coefficient (Wildman–Crippen LogP) is 32.0. The molecule has 0 aliphatic carbocycles. The minimum Gasteiger partial charge on any atom is -0.309 e. The number of para-hydroxylation sites is 7. The summed E-state index contributed by atoms with van der Waals surface area (Å²) in [6.07, 6.45) is 0. The molecule has 0 radical (unpaired) electrons. The summed E-state index contributed by atoms with van der Waals surface area (Å²) < 4.78 is 9.63. The number of fused-ring (bicyclic) bond motifs is 12. The van der Waals surface area contributed by atoms with Crippen LogP contribution in [0.25, 0.3) is 238 Å². The Bertz CT molecular complexity index is 8870. The summed E-state index contributed by atoms with van der Waals surface area (Å²) >= 11 is 0. The van der Waals surface area contributed by atoms with Gasteiger partial charge in [-0.3, -0.25) is 0 Å². The fourth-order valence-electron chi connectivity index (χ4n) is 19.8. The molecule has 0 aliphatic rings. The van der Waals surface area contributed by atoms with Gasteiger partial charge in [-0.2, -0.15) is 10.5 Å². The van der Waals surface area contributed by atoms with E-state index in [0.29, 0.717) is 28.5 Å². The first-order chi connectivity index (χ1) is 67.3. The molecule has 0 saturated carbocycles. The first-order valence-electron chi connectivity index (χ1n) is 45.4. The van der Waals surface area contributed by atoms with Crippen molar-refractivity contribution in [2.75, 3.05) is 0 Å². The Labute approximate surface area is 784 Å². The van der Waals surface area contributed by atoms with E-state index in [-0.39, 0.29) is 0 Å². The van der Waals surface area contributed by atoms with Crippen LogP contribution in [-0.2, 0) is 0 Å². The zero-order valence-corrected chi connectivity index (χ0v) is 73.4. The standard InChI is InChI=1S/C66H40N6.C59H37N5/c1-68-51-23-15-22-47(37-51)49-31-34-65-57(39-49)56-38-48(46-21-14-16-43(36-46)42-67)30-33-64(56)72(65)63-35-32-50(59-41-58(44-17-4-2-5-18-44)69-66(70-59)45-19-6-3-7-20-45)40-55(63)54-26-10-13-29-62(54)71-60-27-11-8-24-52(60)53-25-9-12-28-61(53)71;60-38-39-27-29-40(30-28-39)43-31-33-57-49(35-43)47-21-9-14-26-56(47)64(57)58-34-32-44(52-37-51(41-15-3-1-4-16-41)61-59(62-52)42-17-5-2-6-18-42)36-50(58)48-22-10-13-25-55(48)63-53-23-11-7-19-45(53)46-20-8-12-24-54(46)63/h2-41H;1-37H. The molecular formula is C125H77N11. The highest BCUT2D eigenvalue weighted by Gasteiger charge is 2.27. The van der Waals surface area contributed by atoms with Crippen LogP contribution in [0, 0.1) is 29.2 Å². The molecule has 632 valence electrons. The van der Waals surface area contributed by atoms with Crippen LogP contribution in [0.15, 0.2) is 467 Å². The molecule has 25 aromatic rings. The Morgan fingerprint density at radius 3 is 0.875 bits per heavy atom. The van der Waals surface area contributed by atoms with Gasteiger partial charge in [0, 0.05) is 98.7 Å². The topological polar surface area (TPSA) is 123 Å². The van der Waals surface area contributed by atoms with Crippen molar-refractivity contribution in [1.82, 2.24) is 38.2 Å². The van der Waals surface area contributed by atoms with Gasteiger partial charge in [0.2, 0.25) is 0 Å². The van der Waals surface area contributed by atoms with Gasteiger partial charge in [0.15, 0.2) is 17.3 Å². The van der Waals surface area contributed by atoms with Crippen LogP contribution >= 0.6 is 0 Å². The summed E-state index contributed by atoms with van der Waals surface area (Å²) in [6.45, 7) is 7.77. The van der Waals surface area contributed by atoms with Gasteiger partial charge in [-0.1, -0.05) is 322 Å². The zero-order chi connectivity index (χ0) is 90.7. The van der Waals surface area contributed by atoms with Crippen molar-refractivity contribution < 1.29 is 0 Å². The Morgan fingerprint density at radius 1 is 0.191 bits per heavy atom. The van der Waals surface area contributed by atoms with Crippen LogP contribution in [0.3, 0.4) is 0 Å². The molecule has 11 heteroatoms. The van der Waals surface area contributed by atoms with Crippen molar-refractivity contribution in [3.05, 3.63) is 490 Å². The quantitative estimate of drug-likeness (QED) is 0.0942. The normalized spacial score (nSPS) is 11.4. The van der Waals surface area contributed by atoms with Gasteiger partial charge in [0.1, 0.15) is 0 Å². The Hall–Kier alpha value is -19.0. The summed E-state index contributed by atoms with van der Waals surface area (Å²) in [5.41, 5.74) is 34.4. The number of nitriles is 2. The second-order valence-electron chi connectivity index (χ2n) is 34.1. The maximum Gasteiger partial charge on any atom is 0.187 e. The third-order valence-electron chi connectivity index (χ3n) is 26.2. The molecule has 6 heterocycles. The van der Waals surface area contributed by atoms with Gasteiger partial charge < -0.3 is 18.3 Å². The minimum atomic E-state index is 0.594. The second-order valence-corrected chi connectivity index (χ2v) is 34.1. The van der Waals surface area contributed by atoms with Crippen molar-refractivity contribution in [2.45, 2.75) is 0 Å². The van der Waals surface area contributed by atoms with E-state index in [1.165, 1.54) is 21.5 Å². The van der Waals surface area contributed by atoms with Gasteiger partial charge in [0.05, 0.1) is 119 Å². The summed E-state index contributed by atoms with van der Waals surface area (Å²) in [6, 6.07) is 168. The van der Waals surface area contributed by atoms with E-state index in [1.807, 2.05) is 121 Å². The molecule has 0 atom stereocenters. The first-order valence-corrected chi connectivity index (χ1v) is 45.4. The third kappa shape index (κ3) is 14.3. The summed E-state index contributed by atoms with van der Waals surface area (Å²) in [5, 5.41) is 28.6. The average molecular weight is 1730 g/mol. The maximum atomic E-state index is 9.88. The molecule has 6 aromatic heterocycles. The smallest absolute Gasteiger partial charge is 0.187 e. The maximum absolute atomic E-state index is 9.88. The second kappa shape index (κ2) is 34.1. The summed E-state index contributed by atoms with van der Waals surface area (Å²) in [5.74, 6) is 1.33. The average Bonchev–Trinajstić information content (AvgIpc) is 1.57. The molecule has 0 spiro atoms. The molecule has 25 rings (SSSR count). The van der Waals surface area contributed by atoms with E-state index >= 15 is 0 Å². The van der Waals surface area contributed by atoms with Crippen molar-refractivity contribution >= 4 is 92.9 Å². The minimum absolute atomic E-state index is 0.594. The van der Waals surface area contributed by atoms with Crippen molar-refractivity contribution in [3.63, 3.8) is 0 Å². The lowest BCUT2D eigenvalue weighted by atomic mass is 9.96. The van der Waals surface area contributed by atoms with Gasteiger partial charge in [0.25, 0.3) is 0 Å². The highest BCUT2D eigenvalue weighted by atomic mass is 15.0. The molecule has 0 bridgehead atoms. The Balaban J connectivity index is 0.000000150. The monoisotopic (exact) mass is 1730 g/mol. The number of rotatable bonds is 15. The van der Waals surface area contributed by atoms with Gasteiger partial charge in [-0.25, -0.2) is 24.8 Å². The Morgan fingerprint density at radius 2 is 0.478 bits per heavy atom. The molecule has 0 unspecified atom stereocenters. The van der Waals surface area contributed by atoms with E-state index in [4.69, 9.17) is 26.5 Å². The van der Waals surface area contributed by atoms with E-state index in [2.05, 4.69) is 381 Å². The highest BCUT2D eigenvalue weighted by molar-refractivity contribution is 6.16. The van der Waals surface area contributed by atoms with Crippen LogP contribution in [0.2, 0.25) is 0 Å². The fraction of sp³-hybridized carbons (Fsp3) is 0. The highest BCUT2D eigenvalue weighted by Crippen LogP contribution is 2.48. The number of hydrogen-bond donors (Lipinski definition) is 0. The van der Waals surface area contributed by atoms with E-state index in [9.17, 15) is 10.5 Å². The predicted molar refractivity (Wildman–Crippen MR) is 557 cm³/mol. The lowest BCUT2D eigenvalue weighted by molar-refractivity contribution is 1.16. The van der Waals surface area contributed by atoms with Crippen LogP contribution in [-0.4, -0.2) is 38.2 Å². The van der Waals surface area contributed by atoms with Crippen molar-refractivity contribution in [1.29, 1.82) is 10.5 Å². The van der Waals surface area contributed by atoms with Crippen LogP contribution in [0.1, 0.15) is 11.1 Å². The largest absolute Gasteiger partial charge is 0.309 e. The van der Waals surface area contributed by atoms with Crippen LogP contribution in [0.5, 0.6) is 0 Å². The van der Waals surface area contributed by atoms with Gasteiger partial charge in [-0.15, -0.1) is 0 Å². The molecule has 0 N–H and O–H groups in total. The lowest BCUT2D eigenvalue weighted by Gasteiger charge is -2.20. The molecule has 0 amide bonds. The number of nitrogens with zero attached hydrogens (tertiary/aromatic N) is 11. The van der Waals surface area contributed by atoms with E-state index in [1.54, 1.807) is 0 Å². The molecule has 0 fully saturated rings. The first kappa shape index (κ1) is 80.3. The SMILES string of the molecule is N#Cc1ccc(-c2ccc3c(c2)c2ccccc2n3-c2ccc(-c3cc(-c4ccccc4)nc(-c4ccccc4)n3)cc2-c2ccccc2-n2c3ccccc3c3ccccc32)cc1.[C-]#[N+]c1cccc(-c2ccc3c(c2)c2cc(-c4cccc(C#N)c4)ccc2n3-c2ccc(-c3cc(-c4ccccc4)nc(-c4ccccc4)n3)cc2-c2ccccc2-n2c3ccccc3c3ccccc32)c1. The van der Waals surface area contributed by atoms with Crippen molar-refractivity contribution in [2.24, 2.45) is 0 Å². The van der Waals surface area contributed by atoms with E-state index in [0.717, 1.165) is 200 Å². The number of benzene rings is 19. The zero-order valence-electron chi connectivity index (χ0n) is 73.4. The molecule has 0 saturated heterocycles. The number of aromatic nitrogens is 8. The molecular weight excluding hydrogens is 1660 g/mol. The van der Waals surface area contributed by atoms with Gasteiger partial charge >= 0.3 is 0 Å². The Kier molecular flexibility index (Phi) is 20.2. The van der Waals surface area contributed by atoms with Crippen molar-refractivity contribution in [3.8, 4) is 158 Å². The molecule has 0 aliphatic heterocycles. The van der Waals surface area contributed by atoms with Gasteiger partial charge in [-0.05, 0) is 179 Å². The molecule has 19 aromatic carbocycles. The molecule has 136 heavy (non-hydrogen) atoms. The third-order valence-corrected chi connectivity index (χ3v) is 26.2. The van der Waals surface area contributed by atoms with Crippen LogP contribution < -0.4 is 0 Å². The summed E-state index contributed by atoms with van der Waals surface area (Å²) in [4.78, 5) is 24.6. The molecule has 11 nitrogen and oxygen atoms in total. The fourth-order valence-corrected chi connectivity index (χ4v) is 19.8. The lowest BCUT2D eigenvalue weighted by Crippen LogP contribution is -2.02. The number of hydrogen-bond acceptors (Lipinski definition) is 6. The van der Waals surface area contributed by atoms with Crippen LogP contribution in [0.4, 0.5) is 5.69 Å².